The molecule has 1 aliphatic rings. The molecule has 1 saturated heterocycles. The lowest BCUT2D eigenvalue weighted by Gasteiger charge is -2.29. The van der Waals surface area contributed by atoms with Crippen LogP contribution in [-0.2, 0) is 19.4 Å². The predicted molar refractivity (Wildman–Crippen MR) is 105 cm³/mol. The maximum Gasteiger partial charge on any atom is 0.341 e. The summed E-state index contributed by atoms with van der Waals surface area (Å²) in [5, 5.41) is 0.141. The van der Waals surface area contributed by atoms with Crippen LogP contribution in [0.25, 0.3) is 0 Å². The minimum Gasteiger partial charge on any atom is -0.452 e. The average Bonchev–Trinajstić information content (AvgIpc) is 2.93. The van der Waals surface area contributed by atoms with Gasteiger partial charge in [0.05, 0.1) is 32.1 Å². The number of halogens is 3. The molecule has 150 valence electrons. The second-order valence-electron chi connectivity index (χ2n) is 6.79. The third-order valence-corrected chi connectivity index (χ3v) is 6.98. The number of hydrogen-bond donors (Lipinski definition) is 0. The molecule has 1 aliphatic heterocycles. The van der Waals surface area contributed by atoms with E-state index in [0.29, 0.717) is 13.0 Å². The molecule has 1 aromatic carbocycles. The summed E-state index contributed by atoms with van der Waals surface area (Å²) in [4.78, 5) is 26.4. The Morgan fingerprint density at radius 3 is 2.41 bits per heavy atom. The summed E-state index contributed by atoms with van der Waals surface area (Å²) in [6.45, 7) is 3.67. The van der Waals surface area contributed by atoms with Crippen molar-refractivity contribution in [1.29, 1.82) is 0 Å². The van der Waals surface area contributed by atoms with Gasteiger partial charge in [-0.2, -0.15) is 0 Å². The molecule has 1 fully saturated rings. The average molecular weight is 457 g/mol. The lowest BCUT2D eigenvalue weighted by atomic mass is 10.1. The number of rotatable bonds is 6. The topological polar surface area (TPSA) is 80.8 Å². The Labute approximate surface area is 173 Å². The highest BCUT2D eigenvalue weighted by atomic mass is 35.5. The fourth-order valence-corrected chi connectivity index (χ4v) is 5.28. The van der Waals surface area contributed by atoms with Crippen molar-refractivity contribution in [2.45, 2.75) is 26.3 Å². The van der Waals surface area contributed by atoms with Crippen LogP contribution in [0.1, 0.15) is 30.6 Å². The van der Waals surface area contributed by atoms with Gasteiger partial charge in [-0.15, -0.1) is 0 Å². The Morgan fingerprint density at radius 2 is 1.85 bits per heavy atom. The Morgan fingerprint density at radius 1 is 1.22 bits per heavy atom. The Kier molecular flexibility index (Phi) is 7.41. The van der Waals surface area contributed by atoms with Crippen molar-refractivity contribution >= 4 is 56.5 Å². The number of hydrogen-bond acceptors (Lipinski definition) is 5. The molecule has 0 saturated carbocycles. The van der Waals surface area contributed by atoms with Gasteiger partial charge in [0.25, 0.3) is 5.91 Å². The molecule has 1 heterocycles. The van der Waals surface area contributed by atoms with Gasteiger partial charge in [-0.25, -0.2) is 13.2 Å². The summed E-state index contributed by atoms with van der Waals surface area (Å²) in [6.07, 6.45) is 0.376. The molecular formula is C17H20Cl3NO5S. The number of sulfone groups is 1. The van der Waals surface area contributed by atoms with Crippen LogP contribution >= 0.6 is 34.8 Å². The quantitative estimate of drug-likeness (QED) is 0.483. The number of ether oxygens (including phenoxy) is 1. The molecule has 0 unspecified atom stereocenters. The number of esters is 1. The van der Waals surface area contributed by atoms with Crippen molar-refractivity contribution in [2.24, 2.45) is 5.92 Å². The molecule has 27 heavy (non-hydrogen) atoms. The molecule has 2 rings (SSSR count). The first-order valence-corrected chi connectivity index (χ1v) is 11.3. The van der Waals surface area contributed by atoms with Crippen LogP contribution in [0.5, 0.6) is 0 Å². The standard InChI is InChI=1S/C17H20Cl3NO5S/c1-10(2)7-21(11-5-6-27(24,25)9-11)14(22)8-26-17(23)15-12(18)3-4-13(19)16(15)20/h3-4,10-11H,5-9H2,1-2H3/t11-/m0/s1. The van der Waals surface area contributed by atoms with Crippen molar-refractivity contribution in [3.05, 3.63) is 32.8 Å². The van der Waals surface area contributed by atoms with E-state index in [9.17, 15) is 18.0 Å². The summed E-state index contributed by atoms with van der Waals surface area (Å²) in [7, 11) is -3.15. The van der Waals surface area contributed by atoms with Gasteiger partial charge in [0.2, 0.25) is 0 Å². The van der Waals surface area contributed by atoms with Gasteiger partial charge in [-0.3, -0.25) is 4.79 Å². The number of nitrogens with zero attached hydrogens (tertiary/aromatic N) is 1. The monoisotopic (exact) mass is 455 g/mol. The smallest absolute Gasteiger partial charge is 0.341 e. The fourth-order valence-electron chi connectivity index (χ4n) is 2.87. The van der Waals surface area contributed by atoms with E-state index in [-0.39, 0.29) is 38.1 Å². The van der Waals surface area contributed by atoms with E-state index in [0.717, 1.165) is 0 Å². The number of benzene rings is 1. The van der Waals surface area contributed by atoms with Gasteiger partial charge in [0.15, 0.2) is 16.4 Å². The van der Waals surface area contributed by atoms with Crippen molar-refractivity contribution in [1.82, 2.24) is 4.90 Å². The van der Waals surface area contributed by atoms with Crippen molar-refractivity contribution in [2.75, 3.05) is 24.7 Å². The zero-order valence-corrected chi connectivity index (χ0v) is 18.0. The molecular weight excluding hydrogens is 437 g/mol. The molecule has 0 radical (unpaired) electrons. The van der Waals surface area contributed by atoms with Crippen LogP contribution in [0, 0.1) is 5.92 Å². The Bertz CT molecular complexity index is 841. The van der Waals surface area contributed by atoms with Crippen LogP contribution in [-0.4, -0.2) is 55.9 Å². The summed E-state index contributed by atoms with van der Waals surface area (Å²) in [5.74, 6) is -1.24. The van der Waals surface area contributed by atoms with Crippen molar-refractivity contribution in [3.63, 3.8) is 0 Å². The van der Waals surface area contributed by atoms with Crippen LogP contribution in [0.15, 0.2) is 12.1 Å². The van der Waals surface area contributed by atoms with E-state index in [1.165, 1.54) is 17.0 Å². The van der Waals surface area contributed by atoms with E-state index in [4.69, 9.17) is 39.5 Å². The molecule has 0 bridgehead atoms. The first-order valence-electron chi connectivity index (χ1n) is 8.32. The van der Waals surface area contributed by atoms with Gasteiger partial charge in [-0.1, -0.05) is 48.7 Å². The predicted octanol–water partition coefficient (Wildman–Crippen LogP) is 3.48. The minimum absolute atomic E-state index is 0.0487. The number of amides is 1. The SMILES string of the molecule is CC(C)CN(C(=O)COC(=O)c1c(Cl)ccc(Cl)c1Cl)[C@H]1CCS(=O)(=O)C1. The summed E-state index contributed by atoms with van der Waals surface area (Å²) >= 11 is 17.9. The van der Waals surface area contributed by atoms with Crippen LogP contribution in [0.2, 0.25) is 15.1 Å². The van der Waals surface area contributed by atoms with E-state index < -0.39 is 34.4 Å². The molecule has 10 heteroatoms. The largest absolute Gasteiger partial charge is 0.452 e. The number of carbonyl (C=O) groups is 2. The van der Waals surface area contributed by atoms with Crippen LogP contribution in [0.3, 0.4) is 0 Å². The summed E-state index contributed by atoms with van der Waals surface area (Å²) < 4.78 is 28.6. The van der Waals surface area contributed by atoms with Crippen LogP contribution < -0.4 is 0 Å². The first kappa shape index (κ1) is 22.3. The molecule has 0 spiro atoms. The normalized spacial score (nSPS) is 18.5. The molecule has 0 aromatic heterocycles. The summed E-state index contributed by atoms with van der Waals surface area (Å²) in [6, 6.07) is 2.43. The minimum atomic E-state index is -3.15. The van der Waals surface area contributed by atoms with Crippen molar-refractivity contribution in [3.8, 4) is 0 Å². The molecule has 6 nitrogen and oxygen atoms in total. The second kappa shape index (κ2) is 8.99. The highest BCUT2D eigenvalue weighted by molar-refractivity contribution is 7.91. The summed E-state index contributed by atoms with van der Waals surface area (Å²) in [5.41, 5.74) is -0.113. The molecule has 0 N–H and O–H groups in total. The number of carbonyl (C=O) groups excluding carboxylic acids is 2. The Hall–Kier alpha value is -1.02. The molecule has 0 aliphatic carbocycles. The maximum atomic E-state index is 12.6. The lowest BCUT2D eigenvalue weighted by molar-refractivity contribution is -0.137. The van der Waals surface area contributed by atoms with Crippen LogP contribution in [0.4, 0.5) is 0 Å². The van der Waals surface area contributed by atoms with E-state index >= 15 is 0 Å². The zero-order chi connectivity index (χ0) is 20.4. The zero-order valence-electron chi connectivity index (χ0n) is 14.9. The van der Waals surface area contributed by atoms with Gasteiger partial charge in [0.1, 0.15) is 0 Å². The van der Waals surface area contributed by atoms with Gasteiger partial charge < -0.3 is 9.64 Å². The van der Waals surface area contributed by atoms with E-state index in [2.05, 4.69) is 0 Å². The highest BCUT2D eigenvalue weighted by Gasteiger charge is 2.35. The fraction of sp³-hybridized carbons (Fsp3) is 0.529. The first-order chi connectivity index (χ1) is 12.5. The third-order valence-electron chi connectivity index (χ3n) is 4.11. The molecule has 1 amide bonds. The molecule has 1 aromatic rings. The van der Waals surface area contributed by atoms with Gasteiger partial charge in [-0.05, 0) is 24.5 Å². The molecule has 1 atom stereocenters. The Balaban J connectivity index is 2.09. The van der Waals surface area contributed by atoms with E-state index in [1.54, 1.807) is 0 Å². The maximum absolute atomic E-state index is 12.6. The van der Waals surface area contributed by atoms with Gasteiger partial charge >= 0.3 is 5.97 Å². The lowest BCUT2D eigenvalue weighted by Crippen LogP contribution is -2.45. The second-order valence-corrected chi connectivity index (χ2v) is 10.2. The highest BCUT2D eigenvalue weighted by Crippen LogP contribution is 2.32. The van der Waals surface area contributed by atoms with Gasteiger partial charge in [0, 0.05) is 12.6 Å². The van der Waals surface area contributed by atoms with Crippen molar-refractivity contribution < 1.29 is 22.7 Å². The third kappa shape index (κ3) is 5.73. The van der Waals surface area contributed by atoms with E-state index in [1.807, 2.05) is 13.8 Å².